The van der Waals surface area contributed by atoms with E-state index in [1.807, 2.05) is 0 Å². The standard InChI is InChI=1S/C13H28N.C12H26N.C11H24N.C10H22N.4CH4/c1-12(2)14(13(3)4)10-8-6-5-7-9-11-14;1-11(2)13(12(3)4)9-7-5-6-8-10-13;1-10(2)12(11(3)4)8-6-5-7-9-12;1-9(2)11(10(3)4)7-5-6-8-11;;;;/h12-13H,5-11H2,1-4H3;11-12H,5-10H2,1-4H3;10-11H,5-9H2,1-4H3;9-10H,5-8H2,1-4H3;4*1H4/q4*+1;;;;. The molecular weight excluding hydrogens is 657 g/mol. The van der Waals surface area contributed by atoms with Crippen molar-refractivity contribution in [2.45, 2.75) is 279 Å². The third-order valence-corrected chi connectivity index (χ3v) is 15.3. The van der Waals surface area contributed by atoms with Crippen LogP contribution in [0.15, 0.2) is 0 Å². The van der Waals surface area contributed by atoms with E-state index in [0.29, 0.717) is 0 Å². The van der Waals surface area contributed by atoms with Crippen LogP contribution in [-0.4, -0.2) is 119 Å². The van der Waals surface area contributed by atoms with Gasteiger partial charge in [-0.3, -0.25) is 0 Å². The van der Waals surface area contributed by atoms with Crippen LogP contribution in [0.2, 0.25) is 0 Å². The predicted molar refractivity (Wildman–Crippen MR) is 253 cm³/mol. The Labute approximate surface area is 348 Å². The van der Waals surface area contributed by atoms with Gasteiger partial charge in [0.25, 0.3) is 0 Å². The normalized spacial score (nSPS) is 21.8. The zero-order valence-electron chi connectivity index (χ0n) is 38.0. The number of hydrogen-bond donors (Lipinski definition) is 0. The van der Waals surface area contributed by atoms with Gasteiger partial charge < -0.3 is 17.9 Å². The van der Waals surface area contributed by atoms with Gasteiger partial charge in [-0.05, 0) is 181 Å². The quantitative estimate of drug-likeness (QED) is 0.216. The molecule has 0 amide bonds. The number of piperidine rings is 1. The fourth-order valence-corrected chi connectivity index (χ4v) is 11.3. The van der Waals surface area contributed by atoms with Crippen LogP contribution in [0.3, 0.4) is 0 Å². The van der Waals surface area contributed by atoms with Crippen LogP contribution in [-0.2, 0) is 0 Å². The molecule has 0 aromatic heterocycles. The monoisotopic (exact) mass is 773 g/mol. The van der Waals surface area contributed by atoms with Crippen LogP contribution in [0.5, 0.6) is 0 Å². The third-order valence-electron chi connectivity index (χ3n) is 15.3. The van der Waals surface area contributed by atoms with E-state index in [1.54, 1.807) is 0 Å². The minimum atomic E-state index is 0. The SMILES string of the molecule is C.C.C.C.CC(C)[N+]1(C(C)C)CCCC1.CC(C)[N+]1(C(C)C)CCCCC1.CC(C)[N+]1(C(C)C)CCCCCC1.CC(C)[N+]1(C(C)C)CCCCCCC1. The van der Waals surface area contributed by atoms with Gasteiger partial charge in [0.05, 0.1) is 101 Å². The van der Waals surface area contributed by atoms with Crippen molar-refractivity contribution in [1.82, 2.24) is 0 Å². The molecule has 0 radical (unpaired) electrons. The molecule has 4 heteroatoms. The minimum Gasteiger partial charge on any atom is -0.320 e. The highest BCUT2D eigenvalue weighted by molar-refractivity contribution is 4.63. The molecule has 0 saturated carbocycles. The molecule has 4 aliphatic rings. The van der Waals surface area contributed by atoms with E-state index in [9.17, 15) is 0 Å². The lowest BCUT2D eigenvalue weighted by Gasteiger charge is -2.48. The van der Waals surface area contributed by atoms with E-state index in [4.69, 9.17) is 0 Å². The molecule has 4 saturated heterocycles. The second kappa shape index (κ2) is 29.1. The van der Waals surface area contributed by atoms with E-state index in [1.165, 1.54) is 160 Å². The van der Waals surface area contributed by atoms with Crippen LogP contribution >= 0.6 is 0 Å². The molecule has 0 aromatic rings. The molecule has 0 spiro atoms. The lowest BCUT2D eigenvalue weighted by atomic mass is 10.0. The summed E-state index contributed by atoms with van der Waals surface area (Å²) in [7, 11) is 0. The molecule has 332 valence electrons. The average molecular weight is 774 g/mol. The first kappa shape index (κ1) is 60.5. The highest BCUT2D eigenvalue weighted by Crippen LogP contribution is 2.29. The first-order chi connectivity index (χ1) is 23.4. The molecule has 4 fully saturated rings. The van der Waals surface area contributed by atoms with Gasteiger partial charge >= 0.3 is 0 Å². The Hall–Kier alpha value is -0.160. The Bertz CT molecular complexity index is 787. The molecule has 0 N–H and O–H groups in total. The molecule has 4 heterocycles. The maximum Gasteiger partial charge on any atom is 0.0835 e. The Kier molecular flexibility index (Phi) is 32.6. The molecule has 4 aliphatic heterocycles. The van der Waals surface area contributed by atoms with E-state index >= 15 is 0 Å². The topological polar surface area (TPSA) is 0 Å². The number of hydrogen-bond acceptors (Lipinski definition) is 0. The number of nitrogens with zero attached hydrogens (tertiary/aromatic N) is 4. The molecule has 0 bridgehead atoms. The molecular formula is C50H116N4+4. The Morgan fingerprint density at radius 3 is 0.407 bits per heavy atom. The molecule has 4 rings (SSSR count). The maximum atomic E-state index is 2.40. The summed E-state index contributed by atoms with van der Waals surface area (Å²) in [4.78, 5) is 0. The van der Waals surface area contributed by atoms with Gasteiger partial charge in [0, 0.05) is 12.8 Å². The van der Waals surface area contributed by atoms with Crippen LogP contribution in [0, 0.1) is 0 Å². The fourth-order valence-electron chi connectivity index (χ4n) is 11.3. The average Bonchev–Trinajstić information content (AvgIpc) is 3.41. The third kappa shape index (κ3) is 16.6. The first-order valence-electron chi connectivity index (χ1n) is 22.8. The van der Waals surface area contributed by atoms with Gasteiger partial charge in [0.15, 0.2) is 0 Å². The van der Waals surface area contributed by atoms with Crippen LogP contribution in [0.25, 0.3) is 0 Å². The summed E-state index contributed by atoms with van der Waals surface area (Å²) >= 11 is 0. The van der Waals surface area contributed by atoms with E-state index < -0.39 is 0 Å². The van der Waals surface area contributed by atoms with Crippen molar-refractivity contribution in [2.75, 3.05) is 52.4 Å². The van der Waals surface area contributed by atoms with Gasteiger partial charge in [-0.15, -0.1) is 0 Å². The zero-order chi connectivity index (χ0) is 38.2. The zero-order valence-corrected chi connectivity index (χ0v) is 38.0. The van der Waals surface area contributed by atoms with Crippen LogP contribution in [0.1, 0.15) is 230 Å². The predicted octanol–water partition coefficient (Wildman–Crippen LogP) is 14.5. The van der Waals surface area contributed by atoms with Crippen molar-refractivity contribution in [3.05, 3.63) is 0 Å². The van der Waals surface area contributed by atoms with Crippen LogP contribution in [0.4, 0.5) is 0 Å². The summed E-state index contributed by atoms with van der Waals surface area (Å²) < 4.78 is 5.44. The van der Waals surface area contributed by atoms with Crippen molar-refractivity contribution in [1.29, 1.82) is 0 Å². The Morgan fingerprint density at radius 2 is 0.278 bits per heavy atom. The van der Waals surface area contributed by atoms with Gasteiger partial charge in [-0.25, -0.2) is 0 Å². The first-order valence-corrected chi connectivity index (χ1v) is 22.8. The lowest BCUT2D eigenvalue weighted by Crippen LogP contribution is -2.60. The van der Waals surface area contributed by atoms with Crippen molar-refractivity contribution in [2.24, 2.45) is 0 Å². The maximum absolute atomic E-state index is 2.40. The van der Waals surface area contributed by atoms with E-state index in [0.717, 1.165) is 48.3 Å². The molecule has 4 nitrogen and oxygen atoms in total. The summed E-state index contributed by atoms with van der Waals surface area (Å²) in [5.41, 5.74) is 0. The van der Waals surface area contributed by atoms with Crippen molar-refractivity contribution in [3.63, 3.8) is 0 Å². The number of rotatable bonds is 8. The van der Waals surface area contributed by atoms with Gasteiger partial charge in [-0.1, -0.05) is 36.1 Å². The summed E-state index contributed by atoms with van der Waals surface area (Å²) in [6, 6.07) is 6.46. The summed E-state index contributed by atoms with van der Waals surface area (Å²) in [6.45, 7) is 49.5. The minimum absolute atomic E-state index is 0. The van der Waals surface area contributed by atoms with Gasteiger partial charge in [0.1, 0.15) is 0 Å². The van der Waals surface area contributed by atoms with Gasteiger partial charge in [0.2, 0.25) is 0 Å². The molecule has 54 heavy (non-hydrogen) atoms. The summed E-state index contributed by atoms with van der Waals surface area (Å²) in [6.07, 6.45) is 20.3. The number of quaternary nitrogens is 4. The molecule has 0 atom stereocenters. The largest absolute Gasteiger partial charge is 0.320 e. The van der Waals surface area contributed by atoms with Crippen molar-refractivity contribution < 1.29 is 17.9 Å². The molecule has 0 unspecified atom stereocenters. The highest BCUT2D eigenvalue weighted by atomic mass is 15.4. The fraction of sp³-hybridized carbons (Fsp3) is 1.00. The van der Waals surface area contributed by atoms with E-state index in [-0.39, 0.29) is 29.7 Å². The number of likely N-dealkylation sites (tertiary alicyclic amines) is 4. The summed E-state index contributed by atoms with van der Waals surface area (Å²) in [5.74, 6) is 0. The highest BCUT2D eigenvalue weighted by Gasteiger charge is 2.38. The summed E-state index contributed by atoms with van der Waals surface area (Å²) in [5, 5.41) is 0. The Balaban J connectivity index is -0.000000302. The van der Waals surface area contributed by atoms with Gasteiger partial charge in [-0.2, -0.15) is 0 Å². The lowest BCUT2D eigenvalue weighted by molar-refractivity contribution is -0.970. The molecule has 0 aliphatic carbocycles. The van der Waals surface area contributed by atoms with E-state index in [2.05, 4.69) is 111 Å². The van der Waals surface area contributed by atoms with Crippen molar-refractivity contribution >= 4 is 0 Å². The second-order valence-electron chi connectivity index (χ2n) is 19.9. The Morgan fingerprint density at radius 1 is 0.185 bits per heavy atom. The smallest absolute Gasteiger partial charge is 0.0835 e. The second-order valence-corrected chi connectivity index (χ2v) is 19.9. The van der Waals surface area contributed by atoms with Crippen molar-refractivity contribution in [3.8, 4) is 0 Å². The van der Waals surface area contributed by atoms with Crippen LogP contribution < -0.4 is 0 Å². The molecule has 0 aromatic carbocycles.